The predicted octanol–water partition coefficient (Wildman–Crippen LogP) is 4.13. The van der Waals surface area contributed by atoms with Gasteiger partial charge in [0, 0.05) is 18.1 Å². The molecule has 0 bridgehead atoms. The van der Waals surface area contributed by atoms with Crippen LogP contribution in [0.15, 0.2) is 89.1 Å². The number of rotatable bonds is 5. The number of nitrogens with zero attached hydrogens (tertiary/aromatic N) is 3. The summed E-state index contributed by atoms with van der Waals surface area (Å²) in [6.07, 6.45) is 3.56. The van der Waals surface area contributed by atoms with Crippen LogP contribution in [0.3, 0.4) is 0 Å². The fourth-order valence-electron chi connectivity index (χ4n) is 2.79. The van der Waals surface area contributed by atoms with E-state index in [1.54, 1.807) is 28.7 Å². The predicted molar refractivity (Wildman–Crippen MR) is 105 cm³/mol. The monoisotopic (exact) mass is 359 g/mol. The molecule has 0 spiro atoms. The molecule has 0 aliphatic heterocycles. The summed E-state index contributed by atoms with van der Waals surface area (Å²) in [7, 11) is 0. The van der Waals surface area contributed by atoms with E-state index in [0.29, 0.717) is 11.9 Å². The molecule has 0 radical (unpaired) electrons. The minimum Gasteiger partial charge on any atom is -0.283 e. The summed E-state index contributed by atoms with van der Waals surface area (Å²) < 4.78 is 1.77. The zero-order valence-electron chi connectivity index (χ0n) is 14.1. The highest BCUT2D eigenvalue weighted by Gasteiger charge is 2.12. The lowest BCUT2D eigenvalue weighted by Crippen LogP contribution is -2.24. The van der Waals surface area contributed by atoms with Crippen molar-refractivity contribution >= 4 is 22.7 Å². The fraction of sp³-hybridized carbons (Fsp3) is 0.0952. The normalized spacial score (nSPS) is 10.9. The molecule has 0 saturated heterocycles. The number of hydrogen-bond acceptors (Lipinski definition) is 4. The fourth-order valence-corrected chi connectivity index (χ4v) is 3.74. The molecule has 0 unspecified atom stereocenters. The van der Waals surface area contributed by atoms with Crippen molar-refractivity contribution in [1.82, 2.24) is 14.5 Å². The number of para-hydroxylation sites is 1. The largest absolute Gasteiger partial charge is 0.283 e. The van der Waals surface area contributed by atoms with E-state index in [4.69, 9.17) is 4.98 Å². The molecular formula is C21H17N3OS. The Morgan fingerprint density at radius 2 is 1.58 bits per heavy atom. The van der Waals surface area contributed by atoms with Gasteiger partial charge in [0.25, 0.3) is 5.56 Å². The molecule has 0 aliphatic carbocycles. The topological polar surface area (TPSA) is 47.8 Å². The number of thioether (sulfide) groups is 1. The van der Waals surface area contributed by atoms with Gasteiger partial charge < -0.3 is 0 Å². The molecule has 4 nitrogen and oxygen atoms in total. The first kappa shape index (κ1) is 16.5. The highest BCUT2D eigenvalue weighted by molar-refractivity contribution is 7.98. The molecule has 0 N–H and O–H groups in total. The van der Waals surface area contributed by atoms with Crippen LogP contribution in [0.4, 0.5) is 0 Å². The summed E-state index contributed by atoms with van der Waals surface area (Å²) in [5, 5.41) is 1.38. The van der Waals surface area contributed by atoms with E-state index >= 15 is 0 Å². The minimum absolute atomic E-state index is 0.00307. The Labute approximate surface area is 155 Å². The molecule has 0 amide bonds. The van der Waals surface area contributed by atoms with Crippen LogP contribution in [-0.2, 0) is 12.3 Å². The number of aromatic nitrogens is 3. The Kier molecular flexibility index (Phi) is 4.80. The SMILES string of the molecule is O=c1c2ccccc2nc(SCc2ccncc2)n1Cc1ccccc1. The average Bonchev–Trinajstić information content (AvgIpc) is 2.70. The van der Waals surface area contributed by atoms with Gasteiger partial charge in [0.05, 0.1) is 17.4 Å². The molecule has 0 saturated carbocycles. The first-order valence-electron chi connectivity index (χ1n) is 8.36. The van der Waals surface area contributed by atoms with E-state index < -0.39 is 0 Å². The van der Waals surface area contributed by atoms with E-state index in [-0.39, 0.29) is 5.56 Å². The van der Waals surface area contributed by atoms with Crippen LogP contribution in [0.1, 0.15) is 11.1 Å². The Balaban J connectivity index is 1.76. The maximum absolute atomic E-state index is 13.1. The first-order chi connectivity index (χ1) is 12.8. The molecule has 2 aromatic heterocycles. The molecule has 0 aliphatic rings. The second kappa shape index (κ2) is 7.54. The summed E-state index contributed by atoms with van der Waals surface area (Å²) in [6.45, 7) is 0.510. The van der Waals surface area contributed by atoms with E-state index in [2.05, 4.69) is 4.98 Å². The van der Waals surface area contributed by atoms with E-state index in [1.807, 2.05) is 66.7 Å². The zero-order chi connectivity index (χ0) is 17.8. The number of hydrogen-bond donors (Lipinski definition) is 0. The standard InChI is InChI=1S/C21H17N3OS/c25-20-18-8-4-5-9-19(18)23-21(26-15-17-10-12-22-13-11-17)24(20)14-16-6-2-1-3-7-16/h1-13H,14-15H2. The molecule has 4 rings (SSSR count). The molecule has 4 aromatic rings. The second-order valence-corrected chi connectivity index (χ2v) is 6.88. The van der Waals surface area contributed by atoms with Crippen molar-refractivity contribution in [2.24, 2.45) is 0 Å². The molecule has 128 valence electrons. The maximum Gasteiger partial charge on any atom is 0.262 e. The van der Waals surface area contributed by atoms with Crippen molar-refractivity contribution in [3.05, 3.63) is 101 Å². The lowest BCUT2D eigenvalue weighted by Gasteiger charge is -2.13. The van der Waals surface area contributed by atoms with Crippen molar-refractivity contribution in [3.63, 3.8) is 0 Å². The molecule has 26 heavy (non-hydrogen) atoms. The third-order valence-electron chi connectivity index (χ3n) is 4.13. The van der Waals surface area contributed by atoms with Crippen LogP contribution in [0.25, 0.3) is 10.9 Å². The van der Waals surface area contributed by atoms with Gasteiger partial charge in [0.1, 0.15) is 0 Å². The summed E-state index contributed by atoms with van der Waals surface area (Å²) in [6, 6.07) is 21.5. The van der Waals surface area contributed by atoms with Crippen LogP contribution < -0.4 is 5.56 Å². The highest BCUT2D eigenvalue weighted by atomic mass is 32.2. The third-order valence-corrected chi connectivity index (χ3v) is 5.17. The van der Waals surface area contributed by atoms with Gasteiger partial charge in [-0.25, -0.2) is 4.98 Å². The lowest BCUT2D eigenvalue weighted by molar-refractivity contribution is 0.658. The Hall–Kier alpha value is -2.92. The first-order valence-corrected chi connectivity index (χ1v) is 9.35. The van der Waals surface area contributed by atoms with Crippen LogP contribution in [0.2, 0.25) is 0 Å². The third kappa shape index (κ3) is 3.53. The Bertz CT molecular complexity index is 1080. The molecule has 5 heteroatoms. The van der Waals surface area contributed by atoms with Gasteiger partial charge in [-0.1, -0.05) is 54.2 Å². The number of benzene rings is 2. The van der Waals surface area contributed by atoms with Gasteiger partial charge >= 0.3 is 0 Å². The molecular weight excluding hydrogens is 342 g/mol. The second-order valence-electron chi connectivity index (χ2n) is 5.93. The molecule has 0 fully saturated rings. The van der Waals surface area contributed by atoms with E-state index in [0.717, 1.165) is 27.6 Å². The zero-order valence-corrected chi connectivity index (χ0v) is 14.9. The van der Waals surface area contributed by atoms with Gasteiger partial charge in [-0.2, -0.15) is 0 Å². The maximum atomic E-state index is 13.1. The highest BCUT2D eigenvalue weighted by Crippen LogP contribution is 2.22. The Morgan fingerprint density at radius 1 is 0.846 bits per heavy atom. The van der Waals surface area contributed by atoms with Crippen LogP contribution in [0, 0.1) is 0 Å². The van der Waals surface area contributed by atoms with Gasteiger partial charge in [0.2, 0.25) is 0 Å². The van der Waals surface area contributed by atoms with Crippen molar-refractivity contribution in [1.29, 1.82) is 0 Å². The summed E-state index contributed by atoms with van der Waals surface area (Å²) >= 11 is 1.57. The molecule has 0 atom stereocenters. The average molecular weight is 359 g/mol. The quantitative estimate of drug-likeness (QED) is 0.397. The van der Waals surface area contributed by atoms with Crippen molar-refractivity contribution in [3.8, 4) is 0 Å². The summed E-state index contributed by atoms with van der Waals surface area (Å²) in [5.41, 5.74) is 2.96. The van der Waals surface area contributed by atoms with Crippen molar-refractivity contribution in [2.45, 2.75) is 17.5 Å². The number of fused-ring (bicyclic) bond motifs is 1. The van der Waals surface area contributed by atoms with Crippen LogP contribution >= 0.6 is 11.8 Å². The smallest absolute Gasteiger partial charge is 0.262 e. The number of pyridine rings is 1. The van der Waals surface area contributed by atoms with Gasteiger partial charge in [-0.3, -0.25) is 14.3 Å². The minimum atomic E-state index is -0.00307. The Morgan fingerprint density at radius 3 is 2.38 bits per heavy atom. The van der Waals surface area contributed by atoms with Crippen LogP contribution in [0.5, 0.6) is 0 Å². The molecule has 2 heterocycles. The van der Waals surface area contributed by atoms with E-state index in [1.165, 1.54) is 0 Å². The lowest BCUT2D eigenvalue weighted by atomic mass is 10.2. The van der Waals surface area contributed by atoms with Gasteiger partial charge in [-0.05, 0) is 35.4 Å². The van der Waals surface area contributed by atoms with E-state index in [9.17, 15) is 4.79 Å². The van der Waals surface area contributed by atoms with Crippen LogP contribution in [-0.4, -0.2) is 14.5 Å². The van der Waals surface area contributed by atoms with Gasteiger partial charge in [-0.15, -0.1) is 0 Å². The van der Waals surface area contributed by atoms with Gasteiger partial charge in [0.15, 0.2) is 5.16 Å². The summed E-state index contributed by atoms with van der Waals surface area (Å²) in [4.78, 5) is 21.9. The van der Waals surface area contributed by atoms with Crippen molar-refractivity contribution < 1.29 is 0 Å². The molecule has 2 aromatic carbocycles. The van der Waals surface area contributed by atoms with Crippen molar-refractivity contribution in [2.75, 3.05) is 0 Å². The summed E-state index contributed by atoms with van der Waals surface area (Å²) in [5.74, 6) is 0.738.